The number of anilines is 1. The van der Waals surface area contributed by atoms with Crippen LogP contribution < -0.4 is 9.46 Å². The Balaban J connectivity index is 2.44. The average molecular weight is 361 g/mol. The first-order chi connectivity index (χ1) is 9.35. The summed E-state index contributed by atoms with van der Waals surface area (Å²) in [5.74, 6) is 0.444. The van der Waals surface area contributed by atoms with E-state index in [4.69, 9.17) is 4.74 Å². The van der Waals surface area contributed by atoms with Crippen LogP contribution in [0, 0.1) is 6.92 Å². The van der Waals surface area contributed by atoms with Crippen LogP contribution in [-0.4, -0.2) is 30.5 Å². The van der Waals surface area contributed by atoms with Gasteiger partial charge >= 0.3 is 0 Å². The van der Waals surface area contributed by atoms with Gasteiger partial charge in [-0.25, -0.2) is 4.68 Å². The number of nitrogens with one attached hydrogen (secondary N) is 1. The highest BCUT2D eigenvalue weighted by Gasteiger charge is 2.25. The summed E-state index contributed by atoms with van der Waals surface area (Å²) in [4.78, 5) is 0. The minimum atomic E-state index is -3.82. The normalized spacial score (nSPS) is 11.4. The van der Waals surface area contributed by atoms with E-state index in [2.05, 4.69) is 31.0 Å². The standard InChI is InChI=1S/C11H13BrN4O3S/c1-7-4-5-8(9(6-7)19-3)14-20(17,18)11-10(12)13-15-16(11)2/h4-6,14H,1-3H3. The lowest BCUT2D eigenvalue weighted by atomic mass is 10.2. The number of aryl methyl sites for hydroxylation is 2. The highest BCUT2D eigenvalue weighted by Crippen LogP contribution is 2.28. The van der Waals surface area contributed by atoms with Crippen molar-refractivity contribution in [3.8, 4) is 5.75 Å². The zero-order valence-corrected chi connectivity index (χ0v) is 13.5. The minimum Gasteiger partial charge on any atom is -0.495 e. The molecule has 108 valence electrons. The Labute approximate surface area is 125 Å². The third-order valence-electron chi connectivity index (χ3n) is 2.59. The molecular formula is C11H13BrN4O3S. The van der Waals surface area contributed by atoms with Gasteiger partial charge in [-0.3, -0.25) is 4.72 Å². The van der Waals surface area contributed by atoms with E-state index in [1.807, 2.05) is 6.92 Å². The number of hydrogen-bond donors (Lipinski definition) is 1. The number of methoxy groups -OCH3 is 1. The number of hydrogen-bond acceptors (Lipinski definition) is 5. The van der Waals surface area contributed by atoms with Crippen molar-refractivity contribution in [3.05, 3.63) is 28.4 Å². The third kappa shape index (κ3) is 2.78. The van der Waals surface area contributed by atoms with E-state index < -0.39 is 10.0 Å². The van der Waals surface area contributed by atoms with Gasteiger partial charge < -0.3 is 4.74 Å². The van der Waals surface area contributed by atoms with Crippen LogP contribution in [0.5, 0.6) is 5.75 Å². The SMILES string of the molecule is COc1cc(C)ccc1NS(=O)(=O)c1c(Br)nnn1C. The van der Waals surface area contributed by atoms with Gasteiger partial charge in [0.2, 0.25) is 5.03 Å². The van der Waals surface area contributed by atoms with Crippen molar-refractivity contribution < 1.29 is 13.2 Å². The predicted octanol–water partition coefficient (Wildman–Crippen LogP) is 1.70. The average Bonchev–Trinajstić information content (AvgIpc) is 2.71. The van der Waals surface area contributed by atoms with E-state index in [9.17, 15) is 8.42 Å². The van der Waals surface area contributed by atoms with E-state index in [-0.39, 0.29) is 9.63 Å². The lowest BCUT2D eigenvalue weighted by Gasteiger charge is -2.12. The Morgan fingerprint density at radius 1 is 1.40 bits per heavy atom. The number of benzene rings is 1. The molecular weight excluding hydrogens is 348 g/mol. The summed E-state index contributed by atoms with van der Waals surface area (Å²) in [7, 11) is -0.837. The molecule has 7 nitrogen and oxygen atoms in total. The number of ether oxygens (including phenoxy) is 1. The molecule has 1 N–H and O–H groups in total. The van der Waals surface area contributed by atoms with Crippen molar-refractivity contribution in [2.24, 2.45) is 7.05 Å². The fourth-order valence-electron chi connectivity index (χ4n) is 1.68. The summed E-state index contributed by atoms with van der Waals surface area (Å²) in [6, 6.07) is 5.18. The van der Waals surface area contributed by atoms with Gasteiger partial charge in [-0.1, -0.05) is 11.3 Å². The second-order valence-corrected chi connectivity index (χ2v) is 6.47. The molecule has 0 bridgehead atoms. The Bertz CT molecular complexity index is 723. The van der Waals surface area contributed by atoms with Crippen LogP contribution in [0.15, 0.2) is 27.8 Å². The van der Waals surface area contributed by atoms with Crippen molar-refractivity contribution in [2.45, 2.75) is 11.9 Å². The first-order valence-electron chi connectivity index (χ1n) is 5.58. The number of rotatable bonds is 4. The Morgan fingerprint density at radius 3 is 2.65 bits per heavy atom. The van der Waals surface area contributed by atoms with Crippen molar-refractivity contribution >= 4 is 31.6 Å². The van der Waals surface area contributed by atoms with Crippen molar-refractivity contribution in [1.29, 1.82) is 0 Å². The molecule has 0 spiro atoms. The lowest BCUT2D eigenvalue weighted by molar-refractivity contribution is 0.416. The summed E-state index contributed by atoms with van der Waals surface area (Å²) in [6.45, 7) is 1.89. The predicted molar refractivity (Wildman–Crippen MR) is 77.2 cm³/mol. The second-order valence-electron chi connectivity index (χ2n) is 4.12. The number of halogens is 1. The van der Waals surface area contributed by atoms with Gasteiger partial charge in [-0.05, 0) is 40.5 Å². The smallest absolute Gasteiger partial charge is 0.282 e. The Morgan fingerprint density at radius 2 is 2.10 bits per heavy atom. The molecule has 0 radical (unpaired) electrons. The molecule has 9 heteroatoms. The fraction of sp³-hybridized carbons (Fsp3) is 0.273. The summed E-state index contributed by atoms with van der Waals surface area (Å²) in [6.07, 6.45) is 0. The molecule has 0 aliphatic carbocycles. The molecule has 0 fully saturated rings. The summed E-state index contributed by atoms with van der Waals surface area (Å²) in [5.41, 5.74) is 1.32. The maximum atomic E-state index is 12.4. The first kappa shape index (κ1) is 14.8. The van der Waals surface area contributed by atoms with E-state index in [0.29, 0.717) is 11.4 Å². The zero-order valence-electron chi connectivity index (χ0n) is 11.1. The molecule has 0 aliphatic rings. The van der Waals surface area contributed by atoms with Crippen LogP contribution in [0.2, 0.25) is 0 Å². The highest BCUT2D eigenvalue weighted by atomic mass is 79.9. The van der Waals surface area contributed by atoms with Crippen molar-refractivity contribution in [2.75, 3.05) is 11.8 Å². The van der Waals surface area contributed by atoms with E-state index in [1.165, 1.54) is 18.8 Å². The van der Waals surface area contributed by atoms with Gasteiger partial charge in [0.15, 0.2) is 4.60 Å². The van der Waals surface area contributed by atoms with Crippen molar-refractivity contribution in [3.63, 3.8) is 0 Å². The summed E-state index contributed by atoms with van der Waals surface area (Å²) >= 11 is 3.07. The van der Waals surface area contributed by atoms with Gasteiger partial charge in [-0.15, -0.1) is 5.10 Å². The molecule has 0 amide bonds. The molecule has 1 heterocycles. The van der Waals surface area contributed by atoms with Gasteiger partial charge in [0.05, 0.1) is 12.8 Å². The van der Waals surface area contributed by atoms with E-state index in [1.54, 1.807) is 18.2 Å². The molecule has 20 heavy (non-hydrogen) atoms. The van der Waals surface area contributed by atoms with Crippen LogP contribution in [0.1, 0.15) is 5.56 Å². The number of sulfonamides is 1. The molecule has 0 aliphatic heterocycles. The van der Waals surface area contributed by atoms with Gasteiger partial charge in [-0.2, -0.15) is 8.42 Å². The van der Waals surface area contributed by atoms with Crippen LogP contribution in [0.4, 0.5) is 5.69 Å². The molecule has 2 aromatic rings. The minimum absolute atomic E-state index is 0.0554. The number of aromatic nitrogens is 3. The second kappa shape index (κ2) is 5.41. The maximum Gasteiger partial charge on any atom is 0.282 e. The quantitative estimate of drug-likeness (QED) is 0.896. The van der Waals surface area contributed by atoms with Crippen LogP contribution in [0.3, 0.4) is 0 Å². The monoisotopic (exact) mass is 360 g/mol. The van der Waals surface area contributed by atoms with E-state index >= 15 is 0 Å². The van der Waals surface area contributed by atoms with Crippen LogP contribution >= 0.6 is 15.9 Å². The molecule has 0 unspecified atom stereocenters. The Kier molecular flexibility index (Phi) is 4.00. The molecule has 0 saturated carbocycles. The topological polar surface area (TPSA) is 86.1 Å². The summed E-state index contributed by atoms with van der Waals surface area (Å²) < 4.78 is 33.7. The van der Waals surface area contributed by atoms with Crippen LogP contribution in [0.25, 0.3) is 0 Å². The fourth-order valence-corrected chi connectivity index (χ4v) is 3.85. The molecule has 1 aromatic carbocycles. The largest absolute Gasteiger partial charge is 0.495 e. The van der Waals surface area contributed by atoms with Gasteiger partial charge in [0.1, 0.15) is 5.75 Å². The Hall–Kier alpha value is -1.61. The first-order valence-corrected chi connectivity index (χ1v) is 7.85. The summed E-state index contributed by atoms with van der Waals surface area (Å²) in [5, 5.41) is 7.25. The zero-order chi connectivity index (χ0) is 14.9. The molecule has 2 rings (SSSR count). The van der Waals surface area contributed by atoms with Gasteiger partial charge in [0, 0.05) is 7.05 Å². The lowest BCUT2D eigenvalue weighted by Crippen LogP contribution is -2.17. The number of nitrogens with zero attached hydrogens (tertiary/aromatic N) is 3. The highest BCUT2D eigenvalue weighted by molar-refractivity contribution is 9.10. The molecule has 1 aromatic heterocycles. The third-order valence-corrected chi connectivity index (χ3v) is 4.84. The van der Waals surface area contributed by atoms with Crippen LogP contribution in [-0.2, 0) is 17.1 Å². The molecule has 0 atom stereocenters. The molecule has 0 saturated heterocycles. The van der Waals surface area contributed by atoms with Gasteiger partial charge in [0.25, 0.3) is 10.0 Å². The maximum absolute atomic E-state index is 12.4. The van der Waals surface area contributed by atoms with E-state index in [0.717, 1.165) is 5.56 Å². The van der Waals surface area contributed by atoms with Crippen molar-refractivity contribution in [1.82, 2.24) is 15.0 Å².